The van der Waals surface area contributed by atoms with Crippen LogP contribution in [0.2, 0.25) is 0 Å². The molecule has 0 atom stereocenters. The maximum absolute atomic E-state index is 9.54. The summed E-state index contributed by atoms with van der Waals surface area (Å²) in [5.41, 5.74) is 2.34. The van der Waals surface area contributed by atoms with E-state index < -0.39 is 0 Å². The van der Waals surface area contributed by atoms with Gasteiger partial charge in [0.1, 0.15) is 11.6 Å². The van der Waals surface area contributed by atoms with Crippen LogP contribution in [0.5, 0.6) is 0 Å². The molecule has 3 heterocycles. The Kier molecular flexibility index (Phi) is 5.16. The van der Waals surface area contributed by atoms with Crippen molar-refractivity contribution in [3.05, 3.63) is 34.1 Å². The van der Waals surface area contributed by atoms with E-state index in [0.29, 0.717) is 23.3 Å². The van der Waals surface area contributed by atoms with Crippen LogP contribution in [0.1, 0.15) is 31.9 Å². The quantitative estimate of drug-likeness (QED) is 0.732. The van der Waals surface area contributed by atoms with Crippen molar-refractivity contribution in [2.45, 2.75) is 32.2 Å². The molecule has 0 aliphatic carbocycles. The highest BCUT2D eigenvalue weighted by molar-refractivity contribution is 8.06. The standard InChI is InChI=1S/C16H20N6S/c1-2-11-10-23-15(20-11)13(9-17)14-5-8-19-16(22-14)21-12-3-6-18-7-4-12/h5,8,10,12,18,20H,2-4,6-7H2,1H3,(H,19,21,22). The van der Waals surface area contributed by atoms with Crippen molar-refractivity contribution in [3.8, 4) is 6.07 Å². The van der Waals surface area contributed by atoms with E-state index in [2.05, 4.69) is 38.9 Å². The third-order valence-electron chi connectivity index (χ3n) is 3.90. The second-order valence-corrected chi connectivity index (χ2v) is 6.37. The Morgan fingerprint density at radius 2 is 2.30 bits per heavy atom. The van der Waals surface area contributed by atoms with E-state index in [4.69, 9.17) is 0 Å². The van der Waals surface area contributed by atoms with E-state index in [9.17, 15) is 5.26 Å². The SMILES string of the molecule is CCC1=CSC(=C(C#N)c2ccnc(NC3CCNCC3)n2)N1. The first-order valence-electron chi connectivity index (χ1n) is 7.88. The number of piperidine rings is 1. The van der Waals surface area contributed by atoms with Gasteiger partial charge >= 0.3 is 0 Å². The van der Waals surface area contributed by atoms with Gasteiger partial charge in [-0.15, -0.1) is 0 Å². The van der Waals surface area contributed by atoms with Crippen LogP contribution in [0, 0.1) is 11.3 Å². The van der Waals surface area contributed by atoms with Gasteiger partial charge in [-0.1, -0.05) is 18.7 Å². The summed E-state index contributed by atoms with van der Waals surface area (Å²) in [5, 5.41) is 22.4. The molecule has 0 bridgehead atoms. The van der Waals surface area contributed by atoms with Crippen LogP contribution >= 0.6 is 11.8 Å². The summed E-state index contributed by atoms with van der Waals surface area (Å²) in [5.74, 6) is 0.592. The molecule has 23 heavy (non-hydrogen) atoms. The fourth-order valence-corrected chi connectivity index (χ4v) is 3.51. The summed E-state index contributed by atoms with van der Waals surface area (Å²) in [6.45, 7) is 4.11. The van der Waals surface area contributed by atoms with Gasteiger partial charge in [-0.05, 0) is 43.8 Å². The van der Waals surface area contributed by atoms with E-state index in [1.54, 1.807) is 12.3 Å². The molecule has 2 aliphatic heterocycles. The van der Waals surface area contributed by atoms with Crippen molar-refractivity contribution < 1.29 is 0 Å². The molecule has 6 nitrogen and oxygen atoms in total. The second-order valence-electron chi connectivity index (χ2n) is 5.49. The predicted molar refractivity (Wildman–Crippen MR) is 93.2 cm³/mol. The lowest BCUT2D eigenvalue weighted by Gasteiger charge is -2.23. The monoisotopic (exact) mass is 328 g/mol. The highest BCUT2D eigenvalue weighted by Gasteiger charge is 2.18. The lowest BCUT2D eigenvalue weighted by atomic mass is 10.1. The minimum absolute atomic E-state index is 0.386. The molecule has 0 spiro atoms. The Balaban J connectivity index is 1.78. The first-order valence-corrected chi connectivity index (χ1v) is 8.76. The van der Waals surface area contributed by atoms with Crippen LogP contribution in [0.4, 0.5) is 5.95 Å². The number of hydrogen-bond donors (Lipinski definition) is 3. The summed E-state index contributed by atoms with van der Waals surface area (Å²) >= 11 is 1.54. The van der Waals surface area contributed by atoms with Crippen LogP contribution in [-0.4, -0.2) is 29.1 Å². The topological polar surface area (TPSA) is 85.7 Å². The van der Waals surface area contributed by atoms with E-state index in [1.165, 1.54) is 11.8 Å². The van der Waals surface area contributed by atoms with Gasteiger partial charge in [0.15, 0.2) is 0 Å². The smallest absolute Gasteiger partial charge is 0.223 e. The summed E-state index contributed by atoms with van der Waals surface area (Å²) in [7, 11) is 0. The lowest BCUT2D eigenvalue weighted by molar-refractivity contribution is 0.477. The predicted octanol–water partition coefficient (Wildman–Crippen LogP) is 2.42. The number of nitriles is 1. The molecule has 120 valence electrons. The maximum Gasteiger partial charge on any atom is 0.223 e. The Hall–Kier alpha value is -2.04. The fraction of sp³-hybridized carbons (Fsp3) is 0.438. The summed E-state index contributed by atoms with van der Waals surface area (Å²) in [6, 6.07) is 4.44. The Labute approximate surface area is 140 Å². The second kappa shape index (κ2) is 7.49. The average Bonchev–Trinajstić information content (AvgIpc) is 3.06. The molecular weight excluding hydrogens is 308 g/mol. The van der Waals surface area contributed by atoms with Crippen molar-refractivity contribution in [2.75, 3.05) is 18.4 Å². The number of hydrogen-bond acceptors (Lipinski definition) is 7. The van der Waals surface area contributed by atoms with Gasteiger partial charge in [-0.25, -0.2) is 9.97 Å². The lowest BCUT2D eigenvalue weighted by Crippen LogP contribution is -2.35. The van der Waals surface area contributed by atoms with Crippen LogP contribution in [0.25, 0.3) is 5.57 Å². The van der Waals surface area contributed by atoms with E-state index >= 15 is 0 Å². The molecule has 2 aliphatic rings. The van der Waals surface area contributed by atoms with Crippen molar-refractivity contribution in [2.24, 2.45) is 0 Å². The third-order valence-corrected chi connectivity index (χ3v) is 4.84. The number of nitrogens with zero attached hydrogens (tertiary/aromatic N) is 3. The molecule has 0 unspecified atom stereocenters. The first-order chi connectivity index (χ1) is 11.3. The Morgan fingerprint density at radius 1 is 1.48 bits per heavy atom. The summed E-state index contributed by atoms with van der Waals surface area (Å²) in [4.78, 5) is 8.83. The minimum Gasteiger partial charge on any atom is -0.352 e. The van der Waals surface area contributed by atoms with Gasteiger partial charge in [-0.3, -0.25) is 0 Å². The largest absolute Gasteiger partial charge is 0.352 e. The summed E-state index contributed by atoms with van der Waals surface area (Å²) in [6.07, 6.45) is 4.74. The van der Waals surface area contributed by atoms with Crippen LogP contribution in [0.3, 0.4) is 0 Å². The normalized spacial score (nSPS) is 20.4. The zero-order valence-corrected chi connectivity index (χ0v) is 13.9. The van der Waals surface area contributed by atoms with Crippen molar-refractivity contribution in [1.29, 1.82) is 5.26 Å². The third kappa shape index (κ3) is 3.84. The van der Waals surface area contributed by atoms with E-state index in [-0.39, 0.29) is 0 Å². The van der Waals surface area contributed by atoms with E-state index in [0.717, 1.165) is 43.1 Å². The summed E-state index contributed by atoms with van der Waals surface area (Å²) < 4.78 is 0. The van der Waals surface area contributed by atoms with Gasteiger partial charge in [0, 0.05) is 17.9 Å². The van der Waals surface area contributed by atoms with Gasteiger partial charge in [0.25, 0.3) is 0 Å². The van der Waals surface area contributed by atoms with Crippen LogP contribution in [0.15, 0.2) is 28.4 Å². The molecule has 1 aromatic heterocycles. The molecule has 1 aromatic rings. The van der Waals surface area contributed by atoms with Crippen LogP contribution < -0.4 is 16.0 Å². The molecule has 0 amide bonds. The van der Waals surface area contributed by atoms with Gasteiger partial charge in [0.2, 0.25) is 5.95 Å². The zero-order valence-electron chi connectivity index (χ0n) is 13.1. The number of anilines is 1. The number of aromatic nitrogens is 2. The fourth-order valence-electron chi connectivity index (χ4n) is 2.57. The van der Waals surface area contributed by atoms with Crippen molar-refractivity contribution in [3.63, 3.8) is 0 Å². The number of thioether (sulfide) groups is 1. The molecule has 0 aromatic carbocycles. The molecule has 3 rings (SSSR count). The highest BCUT2D eigenvalue weighted by Crippen LogP contribution is 2.31. The molecule has 0 saturated carbocycles. The molecular formula is C16H20N6S. The Bertz CT molecular complexity index is 669. The van der Waals surface area contributed by atoms with E-state index in [1.807, 2.05) is 5.41 Å². The number of nitrogens with one attached hydrogen (secondary N) is 3. The molecule has 7 heteroatoms. The minimum atomic E-state index is 0.386. The molecule has 0 radical (unpaired) electrons. The molecule has 1 fully saturated rings. The van der Waals surface area contributed by atoms with Crippen molar-refractivity contribution >= 4 is 23.3 Å². The first kappa shape index (κ1) is 15.8. The Morgan fingerprint density at radius 3 is 3.00 bits per heavy atom. The van der Waals surface area contributed by atoms with Gasteiger partial charge < -0.3 is 16.0 Å². The van der Waals surface area contributed by atoms with Gasteiger partial charge in [0.05, 0.1) is 10.7 Å². The van der Waals surface area contributed by atoms with Gasteiger partial charge in [-0.2, -0.15) is 5.26 Å². The highest BCUT2D eigenvalue weighted by atomic mass is 32.2. The maximum atomic E-state index is 9.54. The molecule has 1 saturated heterocycles. The van der Waals surface area contributed by atoms with Crippen molar-refractivity contribution in [1.82, 2.24) is 20.6 Å². The number of rotatable bonds is 4. The molecule has 3 N–H and O–H groups in total. The zero-order chi connectivity index (χ0) is 16.1. The number of allylic oxidation sites excluding steroid dienone is 2. The average molecular weight is 328 g/mol. The van der Waals surface area contributed by atoms with Crippen LogP contribution in [-0.2, 0) is 0 Å².